The monoisotopic (exact) mass is 440 g/mol. The molecule has 2 aromatic heterocycles. The van der Waals surface area contributed by atoms with Crippen molar-refractivity contribution in [2.75, 3.05) is 24.6 Å². The maximum absolute atomic E-state index is 11.5. The Bertz CT molecular complexity index is 1090. The van der Waals surface area contributed by atoms with Crippen LogP contribution < -0.4 is 4.90 Å². The van der Waals surface area contributed by atoms with Crippen LogP contribution in [0.15, 0.2) is 36.5 Å². The number of rotatable bonds is 6. The Morgan fingerprint density at radius 2 is 2.06 bits per heavy atom. The Hall–Kier alpha value is -2.64. The van der Waals surface area contributed by atoms with E-state index in [0.29, 0.717) is 11.6 Å². The van der Waals surface area contributed by atoms with Gasteiger partial charge < -0.3 is 19.7 Å². The molecule has 3 aromatic rings. The molecule has 1 aromatic carbocycles. The summed E-state index contributed by atoms with van der Waals surface area (Å²) in [6.45, 7) is 2.03. The Morgan fingerprint density at radius 3 is 2.71 bits per heavy atom. The quantitative estimate of drug-likeness (QED) is 0.585. The second-order valence-corrected chi connectivity index (χ2v) is 9.02. The minimum Gasteiger partial charge on any atom is -0.481 e. The van der Waals surface area contributed by atoms with Gasteiger partial charge in [0.15, 0.2) is 0 Å². The smallest absolute Gasteiger partial charge is 0.311 e. The van der Waals surface area contributed by atoms with Crippen LogP contribution in [0.25, 0.3) is 22.4 Å². The number of fused-ring (bicyclic) bond motifs is 1. The molecule has 0 unspecified atom stereocenters. The number of hydrogen-bond donors (Lipinski definition) is 2. The molecule has 0 spiro atoms. The first kappa shape index (κ1) is 20.3. The predicted molar refractivity (Wildman–Crippen MR) is 119 cm³/mol. The maximum atomic E-state index is 11.5. The summed E-state index contributed by atoms with van der Waals surface area (Å²) >= 11 is 6.06. The molecule has 8 heteroatoms. The number of imidazole rings is 1. The highest BCUT2D eigenvalue weighted by Gasteiger charge is 2.45. The van der Waals surface area contributed by atoms with Crippen LogP contribution in [0.5, 0.6) is 0 Å². The molecule has 2 fully saturated rings. The summed E-state index contributed by atoms with van der Waals surface area (Å²) in [5, 5.41) is 10.1. The number of nitrogens with one attached hydrogen (secondary N) is 1. The van der Waals surface area contributed by atoms with Gasteiger partial charge in [-0.15, -0.1) is 0 Å². The summed E-state index contributed by atoms with van der Waals surface area (Å²) in [4.78, 5) is 26.3. The molecule has 31 heavy (non-hydrogen) atoms. The number of nitrogens with zero attached hydrogens (tertiary/aromatic N) is 3. The van der Waals surface area contributed by atoms with Gasteiger partial charge in [0.1, 0.15) is 11.6 Å². The van der Waals surface area contributed by atoms with Gasteiger partial charge in [0.25, 0.3) is 0 Å². The van der Waals surface area contributed by atoms with E-state index in [4.69, 9.17) is 16.3 Å². The fourth-order valence-electron chi connectivity index (χ4n) is 4.38. The van der Waals surface area contributed by atoms with E-state index in [2.05, 4.69) is 19.9 Å². The number of aromatic nitrogens is 3. The number of carboxylic acid groups (broad SMARTS) is 1. The van der Waals surface area contributed by atoms with E-state index in [1.54, 1.807) is 0 Å². The predicted octanol–water partition coefficient (Wildman–Crippen LogP) is 4.52. The lowest BCUT2D eigenvalue weighted by atomic mass is 9.69. The maximum Gasteiger partial charge on any atom is 0.311 e. The normalized spacial score (nSPS) is 18.8. The van der Waals surface area contributed by atoms with Crippen LogP contribution in [0.3, 0.4) is 0 Å². The largest absolute Gasteiger partial charge is 0.481 e. The summed E-state index contributed by atoms with van der Waals surface area (Å²) in [5.41, 5.74) is 2.06. The van der Waals surface area contributed by atoms with Gasteiger partial charge in [-0.05, 0) is 56.0 Å². The molecule has 1 saturated carbocycles. The Morgan fingerprint density at radius 1 is 1.26 bits per heavy atom. The highest BCUT2D eigenvalue weighted by atomic mass is 35.5. The summed E-state index contributed by atoms with van der Waals surface area (Å²) < 4.78 is 6.00. The van der Waals surface area contributed by atoms with Gasteiger partial charge in [0, 0.05) is 29.9 Å². The van der Waals surface area contributed by atoms with Crippen molar-refractivity contribution >= 4 is 34.4 Å². The number of carboxylic acids is 1. The Labute approximate surface area is 185 Å². The summed E-state index contributed by atoms with van der Waals surface area (Å²) in [6.07, 6.45) is 6.16. The lowest BCUT2D eigenvalue weighted by Crippen LogP contribution is -2.44. The average molecular weight is 441 g/mol. The van der Waals surface area contributed by atoms with Crippen molar-refractivity contribution in [1.82, 2.24) is 15.0 Å². The van der Waals surface area contributed by atoms with Crippen molar-refractivity contribution in [1.29, 1.82) is 0 Å². The first-order chi connectivity index (χ1) is 15.0. The number of benzene rings is 1. The molecule has 0 amide bonds. The summed E-state index contributed by atoms with van der Waals surface area (Å²) in [7, 11) is 0. The van der Waals surface area contributed by atoms with Crippen molar-refractivity contribution < 1.29 is 14.6 Å². The average Bonchev–Trinajstić information content (AvgIpc) is 3.16. The van der Waals surface area contributed by atoms with Crippen molar-refractivity contribution in [3.8, 4) is 11.4 Å². The molecular weight excluding hydrogens is 416 g/mol. The molecule has 0 bridgehead atoms. The zero-order valence-corrected chi connectivity index (χ0v) is 17.9. The van der Waals surface area contributed by atoms with Crippen LogP contribution in [-0.2, 0) is 9.53 Å². The van der Waals surface area contributed by atoms with E-state index >= 15 is 0 Å². The molecule has 0 atom stereocenters. The van der Waals surface area contributed by atoms with Gasteiger partial charge in [-0.1, -0.05) is 18.0 Å². The molecule has 0 radical (unpaired) electrons. The first-order valence-electron chi connectivity index (χ1n) is 10.7. The van der Waals surface area contributed by atoms with E-state index in [-0.39, 0.29) is 6.10 Å². The van der Waals surface area contributed by atoms with Crippen LogP contribution in [0.1, 0.15) is 32.1 Å². The number of piperidine rings is 1. The van der Waals surface area contributed by atoms with E-state index in [1.165, 1.54) is 0 Å². The topological polar surface area (TPSA) is 91.3 Å². The number of hydrogen-bond acceptors (Lipinski definition) is 5. The zero-order valence-electron chi connectivity index (χ0n) is 17.2. The van der Waals surface area contributed by atoms with Crippen LogP contribution in [0.2, 0.25) is 5.02 Å². The molecule has 1 aliphatic carbocycles. The molecule has 1 aliphatic heterocycles. The minimum atomic E-state index is -0.715. The van der Waals surface area contributed by atoms with Crippen molar-refractivity contribution in [3.05, 3.63) is 41.6 Å². The molecule has 2 N–H and O–H groups in total. The minimum absolute atomic E-state index is 0.120. The highest BCUT2D eigenvalue weighted by molar-refractivity contribution is 6.31. The fraction of sp³-hybridized carbons (Fsp3) is 0.435. The third-order valence-electron chi connectivity index (χ3n) is 6.59. The van der Waals surface area contributed by atoms with Crippen LogP contribution in [-0.4, -0.2) is 51.8 Å². The van der Waals surface area contributed by atoms with Crippen molar-refractivity contribution in [3.63, 3.8) is 0 Å². The molecule has 3 heterocycles. The van der Waals surface area contributed by atoms with Gasteiger partial charge in [0.05, 0.1) is 29.2 Å². The standard InChI is InChI=1S/C23H25ClN4O3/c24-16-3-4-18-19(12-16)27-21(26-18)15-2-5-20(25-13-15)28-10-6-17(7-11-28)31-14-23(22(29)30)8-1-9-23/h2-5,12-13,17H,1,6-11,14H2,(H,26,27)(H,29,30). The van der Waals surface area contributed by atoms with Crippen LogP contribution in [0.4, 0.5) is 5.82 Å². The lowest BCUT2D eigenvalue weighted by Gasteiger charge is -2.39. The molecule has 162 valence electrons. The van der Waals surface area contributed by atoms with Crippen LogP contribution >= 0.6 is 11.6 Å². The van der Waals surface area contributed by atoms with E-state index in [0.717, 1.165) is 73.4 Å². The lowest BCUT2D eigenvalue weighted by molar-refractivity contribution is -0.162. The number of halogens is 1. The first-order valence-corrected chi connectivity index (χ1v) is 11.1. The number of ether oxygens (including phenoxy) is 1. The van der Waals surface area contributed by atoms with Gasteiger partial charge in [-0.3, -0.25) is 4.79 Å². The van der Waals surface area contributed by atoms with Gasteiger partial charge in [-0.25, -0.2) is 9.97 Å². The van der Waals surface area contributed by atoms with E-state index < -0.39 is 11.4 Å². The van der Waals surface area contributed by atoms with E-state index in [1.807, 2.05) is 36.5 Å². The highest BCUT2D eigenvalue weighted by Crippen LogP contribution is 2.42. The Balaban J connectivity index is 1.18. The van der Waals surface area contributed by atoms with Gasteiger partial charge in [0.2, 0.25) is 0 Å². The van der Waals surface area contributed by atoms with E-state index in [9.17, 15) is 9.90 Å². The van der Waals surface area contributed by atoms with Crippen LogP contribution in [0, 0.1) is 5.41 Å². The van der Waals surface area contributed by atoms with Gasteiger partial charge >= 0.3 is 5.97 Å². The second-order valence-electron chi connectivity index (χ2n) is 8.59. The molecule has 7 nitrogen and oxygen atoms in total. The second kappa shape index (κ2) is 8.13. The summed E-state index contributed by atoms with van der Waals surface area (Å²) in [5.74, 6) is 0.988. The van der Waals surface area contributed by atoms with Crippen molar-refractivity contribution in [2.24, 2.45) is 5.41 Å². The third kappa shape index (κ3) is 4.00. The van der Waals surface area contributed by atoms with Gasteiger partial charge in [-0.2, -0.15) is 0 Å². The molecule has 5 rings (SSSR count). The number of H-pyrrole nitrogens is 1. The molecule has 1 saturated heterocycles. The number of aromatic amines is 1. The number of pyridine rings is 1. The zero-order chi connectivity index (χ0) is 21.4. The summed E-state index contributed by atoms with van der Waals surface area (Å²) in [6, 6.07) is 9.64. The number of carbonyl (C=O) groups is 1. The third-order valence-corrected chi connectivity index (χ3v) is 6.83. The van der Waals surface area contributed by atoms with Crippen molar-refractivity contribution in [2.45, 2.75) is 38.2 Å². The number of anilines is 1. The molecule has 2 aliphatic rings. The Kier molecular flexibility index (Phi) is 5.32. The fourth-order valence-corrected chi connectivity index (χ4v) is 4.56. The number of aliphatic carboxylic acids is 1. The molecular formula is C23H25ClN4O3. The SMILES string of the molecule is O=C(O)C1(COC2CCN(c3ccc(-c4nc5ccc(Cl)cc5[nH]4)cn3)CC2)CCC1.